The van der Waals surface area contributed by atoms with Gasteiger partial charge in [-0.05, 0) is 18.6 Å². The maximum Gasteiger partial charge on any atom is 0.124 e. The van der Waals surface area contributed by atoms with E-state index in [1.54, 1.807) is 12.3 Å². The fourth-order valence-corrected chi connectivity index (χ4v) is 1.63. The highest BCUT2D eigenvalue weighted by atomic mass is 16.5. The topological polar surface area (TPSA) is 38.7 Å². The zero-order chi connectivity index (χ0) is 11.4. The van der Waals surface area contributed by atoms with Gasteiger partial charge in [-0.15, -0.1) is 0 Å². The maximum absolute atomic E-state index is 9.81. The van der Waals surface area contributed by atoms with Gasteiger partial charge in [0.15, 0.2) is 0 Å². The van der Waals surface area contributed by atoms with Crippen molar-refractivity contribution in [3.63, 3.8) is 0 Å². The lowest BCUT2D eigenvalue weighted by Gasteiger charge is -2.28. The molecule has 1 aliphatic heterocycles. The summed E-state index contributed by atoms with van der Waals surface area (Å²) in [5, 5.41) is 9.81. The Kier molecular flexibility index (Phi) is 3.59. The number of ether oxygens (including phenoxy) is 2. The number of hydrogen-bond donors (Lipinski definition) is 1. The molecule has 1 aliphatic rings. The van der Waals surface area contributed by atoms with Crippen molar-refractivity contribution in [1.82, 2.24) is 0 Å². The Morgan fingerprint density at radius 1 is 1.31 bits per heavy atom. The summed E-state index contributed by atoms with van der Waals surface area (Å²) in [7, 11) is 0. The molecule has 0 saturated carbocycles. The minimum absolute atomic E-state index is 0.217. The zero-order valence-electron chi connectivity index (χ0n) is 9.24. The summed E-state index contributed by atoms with van der Waals surface area (Å²) in [6.07, 6.45) is 2.23. The van der Waals surface area contributed by atoms with Crippen molar-refractivity contribution in [2.24, 2.45) is 0 Å². The fraction of sp³-hybridized carbons (Fsp3) is 0.385. The number of rotatable bonds is 3. The first kappa shape index (κ1) is 11.2. The molecule has 1 aromatic carbocycles. The van der Waals surface area contributed by atoms with E-state index in [9.17, 15) is 5.11 Å². The van der Waals surface area contributed by atoms with E-state index in [0.29, 0.717) is 6.61 Å². The van der Waals surface area contributed by atoms with Crippen LogP contribution in [0.4, 0.5) is 0 Å². The third-order valence-corrected chi connectivity index (χ3v) is 2.66. The molecule has 2 rings (SSSR count). The van der Waals surface area contributed by atoms with Gasteiger partial charge < -0.3 is 14.6 Å². The van der Waals surface area contributed by atoms with Crippen molar-refractivity contribution in [2.75, 3.05) is 0 Å². The van der Waals surface area contributed by atoms with Gasteiger partial charge in [0.1, 0.15) is 18.3 Å². The van der Waals surface area contributed by atoms with Crippen LogP contribution in [-0.2, 0) is 16.1 Å². The lowest BCUT2D eigenvalue weighted by atomic mass is 10.1. The first-order valence-corrected chi connectivity index (χ1v) is 5.43. The second-order valence-corrected chi connectivity index (χ2v) is 3.92. The molecule has 3 nitrogen and oxygen atoms in total. The summed E-state index contributed by atoms with van der Waals surface area (Å²) in [6.45, 7) is 2.33. The van der Waals surface area contributed by atoms with Crippen molar-refractivity contribution in [3.05, 3.63) is 48.2 Å². The molecule has 0 saturated heterocycles. The van der Waals surface area contributed by atoms with Crippen molar-refractivity contribution in [1.29, 1.82) is 0 Å². The van der Waals surface area contributed by atoms with Gasteiger partial charge in [-0.1, -0.05) is 30.3 Å². The third kappa shape index (κ3) is 2.62. The number of aliphatic hydroxyl groups excluding tert-OH is 1. The van der Waals surface area contributed by atoms with Crippen LogP contribution >= 0.6 is 0 Å². The number of aliphatic hydroxyl groups is 1. The molecule has 86 valence electrons. The molecule has 3 heteroatoms. The van der Waals surface area contributed by atoms with E-state index in [1.165, 1.54) is 0 Å². The van der Waals surface area contributed by atoms with Crippen molar-refractivity contribution >= 4 is 0 Å². The number of benzene rings is 1. The quantitative estimate of drug-likeness (QED) is 0.845. The predicted molar refractivity (Wildman–Crippen MR) is 60.7 cm³/mol. The monoisotopic (exact) mass is 220 g/mol. The van der Waals surface area contributed by atoms with Crippen molar-refractivity contribution in [2.45, 2.75) is 31.8 Å². The van der Waals surface area contributed by atoms with Crippen molar-refractivity contribution < 1.29 is 14.6 Å². The third-order valence-electron chi connectivity index (χ3n) is 2.66. The first-order chi connectivity index (χ1) is 7.77. The van der Waals surface area contributed by atoms with Crippen LogP contribution in [0.3, 0.4) is 0 Å². The maximum atomic E-state index is 9.81. The highest BCUT2D eigenvalue weighted by Crippen LogP contribution is 2.16. The molecule has 0 aliphatic carbocycles. The molecule has 3 atom stereocenters. The molecule has 0 aromatic heterocycles. The van der Waals surface area contributed by atoms with E-state index < -0.39 is 6.10 Å². The smallest absolute Gasteiger partial charge is 0.124 e. The van der Waals surface area contributed by atoms with E-state index in [-0.39, 0.29) is 12.2 Å². The van der Waals surface area contributed by atoms with Gasteiger partial charge in [0.25, 0.3) is 0 Å². The molecule has 1 heterocycles. The van der Waals surface area contributed by atoms with Gasteiger partial charge >= 0.3 is 0 Å². The Morgan fingerprint density at radius 3 is 2.81 bits per heavy atom. The standard InChI is InChI=1S/C13H16O3/c1-10-13(14)12(7-8-15-10)16-9-11-5-3-2-4-6-11/h2-8,10,12-14H,9H2,1H3/t10-,12+,13+/m0/s1. The molecule has 0 radical (unpaired) electrons. The molecule has 0 bridgehead atoms. The molecule has 0 fully saturated rings. The van der Waals surface area contributed by atoms with Crippen LogP contribution in [0, 0.1) is 0 Å². The normalized spacial score (nSPS) is 28.8. The molecule has 0 spiro atoms. The van der Waals surface area contributed by atoms with E-state index in [2.05, 4.69) is 0 Å². The lowest BCUT2D eigenvalue weighted by molar-refractivity contribution is -0.0869. The van der Waals surface area contributed by atoms with Crippen LogP contribution in [-0.4, -0.2) is 23.4 Å². The Labute approximate surface area is 95.3 Å². The lowest BCUT2D eigenvalue weighted by Crippen LogP contribution is -2.39. The second-order valence-electron chi connectivity index (χ2n) is 3.92. The molecular weight excluding hydrogens is 204 g/mol. The second kappa shape index (κ2) is 5.14. The molecular formula is C13H16O3. The Morgan fingerprint density at radius 2 is 2.06 bits per heavy atom. The minimum atomic E-state index is -0.603. The van der Waals surface area contributed by atoms with E-state index in [4.69, 9.17) is 9.47 Å². The van der Waals surface area contributed by atoms with Gasteiger partial charge in [-0.2, -0.15) is 0 Å². The summed E-state index contributed by atoms with van der Waals surface area (Å²) in [5.74, 6) is 0. The molecule has 1 aromatic rings. The van der Waals surface area contributed by atoms with Gasteiger partial charge in [-0.3, -0.25) is 0 Å². The first-order valence-electron chi connectivity index (χ1n) is 5.43. The summed E-state index contributed by atoms with van der Waals surface area (Å²) in [6, 6.07) is 9.90. The Balaban J connectivity index is 1.91. The Bertz CT molecular complexity index is 347. The number of hydrogen-bond acceptors (Lipinski definition) is 3. The van der Waals surface area contributed by atoms with E-state index in [1.807, 2.05) is 37.3 Å². The summed E-state index contributed by atoms with van der Waals surface area (Å²) < 4.78 is 10.8. The average molecular weight is 220 g/mol. The van der Waals surface area contributed by atoms with Crippen LogP contribution in [0.5, 0.6) is 0 Å². The molecule has 16 heavy (non-hydrogen) atoms. The summed E-state index contributed by atoms with van der Waals surface area (Å²) >= 11 is 0. The van der Waals surface area contributed by atoms with Crippen LogP contribution in [0.15, 0.2) is 42.7 Å². The van der Waals surface area contributed by atoms with Crippen LogP contribution in [0.2, 0.25) is 0 Å². The van der Waals surface area contributed by atoms with Gasteiger partial charge in [0, 0.05) is 0 Å². The highest BCUT2D eigenvalue weighted by Gasteiger charge is 2.27. The highest BCUT2D eigenvalue weighted by molar-refractivity contribution is 5.13. The largest absolute Gasteiger partial charge is 0.496 e. The zero-order valence-corrected chi connectivity index (χ0v) is 9.24. The van der Waals surface area contributed by atoms with Crippen LogP contribution in [0.25, 0.3) is 0 Å². The van der Waals surface area contributed by atoms with Gasteiger partial charge in [-0.25, -0.2) is 0 Å². The van der Waals surface area contributed by atoms with Crippen LogP contribution < -0.4 is 0 Å². The fourth-order valence-electron chi connectivity index (χ4n) is 1.63. The molecule has 0 unspecified atom stereocenters. The van der Waals surface area contributed by atoms with E-state index in [0.717, 1.165) is 5.56 Å². The summed E-state index contributed by atoms with van der Waals surface area (Å²) in [5.41, 5.74) is 1.10. The predicted octanol–water partition coefficient (Wildman–Crippen LogP) is 1.87. The van der Waals surface area contributed by atoms with Gasteiger partial charge in [0.05, 0.1) is 12.9 Å². The van der Waals surface area contributed by atoms with Crippen LogP contribution in [0.1, 0.15) is 12.5 Å². The minimum Gasteiger partial charge on any atom is -0.496 e. The summed E-state index contributed by atoms with van der Waals surface area (Å²) in [4.78, 5) is 0. The SMILES string of the molecule is C[C@@H]1OC=C[C@@H](OCc2ccccc2)[C@@H]1O. The van der Waals surface area contributed by atoms with Gasteiger partial charge in [0.2, 0.25) is 0 Å². The van der Waals surface area contributed by atoms with E-state index >= 15 is 0 Å². The molecule has 1 N–H and O–H groups in total. The molecule has 0 amide bonds. The van der Waals surface area contributed by atoms with Crippen molar-refractivity contribution in [3.8, 4) is 0 Å². The average Bonchev–Trinajstić information content (AvgIpc) is 2.32. The Hall–Kier alpha value is -1.32.